The number of phosphoric acid groups is 1. The topological polar surface area (TPSA) is 108 Å². The summed E-state index contributed by atoms with van der Waals surface area (Å²) in [5.41, 5.74) is 0. The summed E-state index contributed by atoms with van der Waals surface area (Å²) in [5.74, 6) is -0.798. The second-order valence-corrected chi connectivity index (χ2v) is 27.7. The van der Waals surface area contributed by atoms with E-state index in [2.05, 4.69) is 148 Å². The molecule has 0 aliphatic carbocycles. The number of ether oxygens (including phenoxy) is 2. The van der Waals surface area contributed by atoms with Gasteiger partial charge in [-0.05, 0) is 109 Å². The second kappa shape index (κ2) is 71.4. The van der Waals surface area contributed by atoms with Crippen LogP contribution in [0.15, 0.2) is 134 Å². The Morgan fingerprint density at radius 2 is 0.587 bits per heavy atom. The molecule has 0 radical (unpaired) electrons. The highest BCUT2D eigenvalue weighted by Crippen LogP contribution is 2.43. The lowest BCUT2D eigenvalue weighted by atomic mass is 10.0. The lowest BCUT2D eigenvalue weighted by Crippen LogP contribution is -2.37. The number of hydrogen-bond acceptors (Lipinski definition) is 7. The zero-order valence-corrected chi connectivity index (χ0v) is 61.1. The van der Waals surface area contributed by atoms with E-state index in [0.717, 1.165) is 116 Å². The molecule has 0 amide bonds. The lowest BCUT2D eigenvalue weighted by molar-refractivity contribution is -0.870. The quantitative estimate of drug-likeness (QED) is 0.0211. The molecule has 0 aliphatic rings. The molecule has 2 unspecified atom stereocenters. The van der Waals surface area contributed by atoms with Crippen LogP contribution in [0, 0.1) is 0 Å². The zero-order valence-electron chi connectivity index (χ0n) is 60.2. The van der Waals surface area contributed by atoms with E-state index in [-0.39, 0.29) is 32.0 Å². The van der Waals surface area contributed by atoms with Crippen LogP contribution in [0.25, 0.3) is 0 Å². The molecular weight excluding hydrogens is 1160 g/mol. The number of rotatable bonds is 69. The smallest absolute Gasteiger partial charge is 0.462 e. The van der Waals surface area contributed by atoms with Gasteiger partial charge in [-0.25, -0.2) is 4.57 Å². The van der Waals surface area contributed by atoms with Gasteiger partial charge in [-0.2, -0.15) is 0 Å². The van der Waals surface area contributed by atoms with Crippen molar-refractivity contribution in [2.24, 2.45) is 0 Å². The first-order valence-electron chi connectivity index (χ1n) is 37.9. The number of unbranched alkanes of at least 4 members (excludes halogenated alkanes) is 33. The third-order valence-electron chi connectivity index (χ3n) is 16.2. The fourth-order valence-electron chi connectivity index (χ4n) is 10.5. The van der Waals surface area contributed by atoms with Crippen LogP contribution in [0.2, 0.25) is 0 Å². The maximum absolute atomic E-state index is 12.9. The maximum atomic E-state index is 12.9. The number of hydrogen-bond donors (Lipinski definition) is 1. The summed E-state index contributed by atoms with van der Waals surface area (Å²) >= 11 is 0. The van der Waals surface area contributed by atoms with E-state index in [0.29, 0.717) is 17.4 Å². The summed E-state index contributed by atoms with van der Waals surface area (Å²) in [7, 11) is 1.47. The molecule has 1 N–H and O–H groups in total. The molecule has 0 aliphatic heterocycles. The van der Waals surface area contributed by atoms with E-state index in [1.165, 1.54) is 173 Å². The van der Waals surface area contributed by atoms with Crippen LogP contribution in [-0.2, 0) is 32.7 Å². The number of phosphoric ester groups is 1. The van der Waals surface area contributed by atoms with E-state index in [9.17, 15) is 19.0 Å². The Kier molecular flexibility index (Phi) is 68.5. The highest BCUT2D eigenvalue weighted by Gasteiger charge is 2.27. The van der Waals surface area contributed by atoms with Crippen molar-refractivity contribution in [3.8, 4) is 0 Å². The molecule has 9 nitrogen and oxygen atoms in total. The molecule has 0 heterocycles. The second-order valence-electron chi connectivity index (χ2n) is 26.3. The van der Waals surface area contributed by atoms with Gasteiger partial charge in [0.2, 0.25) is 0 Å². The molecule has 92 heavy (non-hydrogen) atoms. The highest BCUT2D eigenvalue weighted by molar-refractivity contribution is 7.47. The Balaban J connectivity index is 4.00. The third-order valence-corrected chi connectivity index (χ3v) is 17.2. The molecule has 0 saturated heterocycles. The number of carbonyl (C=O) groups excluding carboxylic acids is 2. The molecule has 0 rings (SSSR count). The molecule has 0 spiro atoms. The van der Waals surface area contributed by atoms with Crippen LogP contribution in [0.3, 0.4) is 0 Å². The van der Waals surface area contributed by atoms with Crippen molar-refractivity contribution in [3.63, 3.8) is 0 Å². The molecular formula is C82H143NO8P+. The predicted octanol–water partition coefficient (Wildman–Crippen LogP) is 25.2. The molecule has 528 valence electrons. The first kappa shape index (κ1) is 88.2. The van der Waals surface area contributed by atoms with Crippen molar-refractivity contribution < 1.29 is 42.1 Å². The van der Waals surface area contributed by atoms with Crippen LogP contribution >= 0.6 is 7.82 Å². The van der Waals surface area contributed by atoms with Gasteiger partial charge in [0.15, 0.2) is 6.10 Å². The van der Waals surface area contributed by atoms with Crippen LogP contribution in [0.5, 0.6) is 0 Å². The summed E-state index contributed by atoms with van der Waals surface area (Å²) in [4.78, 5) is 36.0. The maximum Gasteiger partial charge on any atom is 0.472 e. The van der Waals surface area contributed by atoms with Crippen LogP contribution < -0.4 is 0 Å². The average Bonchev–Trinajstić information content (AvgIpc) is 2.14. The van der Waals surface area contributed by atoms with Gasteiger partial charge in [0.25, 0.3) is 0 Å². The number of quaternary nitrogens is 1. The van der Waals surface area contributed by atoms with Crippen LogP contribution in [-0.4, -0.2) is 74.9 Å². The summed E-state index contributed by atoms with van der Waals surface area (Å²) in [6.07, 6.45) is 104. The predicted molar refractivity (Wildman–Crippen MR) is 399 cm³/mol. The van der Waals surface area contributed by atoms with E-state index in [1.54, 1.807) is 0 Å². The number of likely N-dealkylation sites (N-methyl/N-ethyl adjacent to an activating group) is 1. The fourth-order valence-corrected chi connectivity index (χ4v) is 11.2. The zero-order chi connectivity index (χ0) is 66.9. The summed E-state index contributed by atoms with van der Waals surface area (Å²) in [6, 6.07) is 0. The van der Waals surface area contributed by atoms with E-state index in [4.69, 9.17) is 18.5 Å². The van der Waals surface area contributed by atoms with Gasteiger partial charge in [-0.15, -0.1) is 0 Å². The molecule has 2 atom stereocenters. The lowest BCUT2D eigenvalue weighted by Gasteiger charge is -2.24. The van der Waals surface area contributed by atoms with Crippen molar-refractivity contribution in [1.29, 1.82) is 0 Å². The van der Waals surface area contributed by atoms with Crippen molar-refractivity contribution in [2.75, 3.05) is 47.5 Å². The van der Waals surface area contributed by atoms with Gasteiger partial charge in [0, 0.05) is 12.8 Å². The van der Waals surface area contributed by atoms with Crippen LogP contribution in [0.1, 0.15) is 322 Å². The minimum absolute atomic E-state index is 0.0263. The van der Waals surface area contributed by atoms with E-state index < -0.39 is 26.5 Å². The highest BCUT2D eigenvalue weighted by atomic mass is 31.2. The molecule has 0 aromatic carbocycles. The SMILES string of the molecule is CC/C=C\C/C=C\C/C=C\C/C=C\C/C=C\C/C=C\C/C=C\CCCCCCCCCCCC(=O)OC(COC(=O)CCCCCCCCCCCCCCCCCCCCCCCCCC/C=C\C/C=C\C/C=C\C/C=C\CC)COP(=O)(O)OCC[N+](C)(C)C. The van der Waals surface area contributed by atoms with Gasteiger partial charge in [0.1, 0.15) is 19.8 Å². The van der Waals surface area contributed by atoms with E-state index in [1.807, 2.05) is 21.1 Å². The fraction of sp³-hybridized carbons (Fsp3) is 0.707. The average molecular weight is 1300 g/mol. The number of esters is 2. The largest absolute Gasteiger partial charge is 0.472 e. The van der Waals surface area contributed by atoms with Gasteiger partial charge in [-0.3, -0.25) is 18.6 Å². The van der Waals surface area contributed by atoms with Gasteiger partial charge < -0.3 is 18.9 Å². The Morgan fingerprint density at radius 1 is 0.337 bits per heavy atom. The van der Waals surface area contributed by atoms with Crippen molar-refractivity contribution in [1.82, 2.24) is 0 Å². The molecule has 0 fully saturated rings. The van der Waals surface area contributed by atoms with Crippen LogP contribution in [0.4, 0.5) is 0 Å². The van der Waals surface area contributed by atoms with Crippen molar-refractivity contribution in [2.45, 2.75) is 328 Å². The van der Waals surface area contributed by atoms with Crippen molar-refractivity contribution >= 4 is 19.8 Å². The molecule has 0 aromatic heterocycles. The summed E-state index contributed by atoms with van der Waals surface area (Å²) in [6.45, 7) is 4.22. The first-order chi connectivity index (χ1) is 45.0. The van der Waals surface area contributed by atoms with Gasteiger partial charge in [-0.1, -0.05) is 334 Å². The number of carbonyl (C=O) groups is 2. The minimum Gasteiger partial charge on any atom is -0.462 e. The summed E-state index contributed by atoms with van der Waals surface area (Å²) < 4.78 is 34.8. The van der Waals surface area contributed by atoms with Crippen molar-refractivity contribution in [3.05, 3.63) is 134 Å². The monoisotopic (exact) mass is 1300 g/mol. The minimum atomic E-state index is -4.40. The first-order valence-corrected chi connectivity index (χ1v) is 39.4. The Morgan fingerprint density at radius 3 is 0.870 bits per heavy atom. The normalized spacial score (nSPS) is 13.8. The number of nitrogens with zero attached hydrogens (tertiary/aromatic N) is 1. The third kappa shape index (κ3) is 75.2. The van der Waals surface area contributed by atoms with Gasteiger partial charge in [0.05, 0.1) is 27.7 Å². The van der Waals surface area contributed by atoms with Gasteiger partial charge >= 0.3 is 19.8 Å². The Bertz CT molecular complexity index is 2020. The molecule has 0 saturated carbocycles. The Labute approximate surface area is 568 Å². The number of allylic oxidation sites excluding steroid dienone is 22. The summed E-state index contributed by atoms with van der Waals surface area (Å²) in [5, 5.41) is 0. The standard InChI is InChI=1S/C82H142NO8P/c1-6-8-10-12-14-16-18-20-22-24-26-28-30-32-34-36-38-39-40-41-42-43-45-46-48-50-52-54-56-58-60-62-64-66-68-70-72-74-81(84)88-78-80(79-90-92(86,87)89-77-76-83(3,4)5)91-82(85)75-73-71-69-67-65-63-61-59-57-55-53-51-49-47-44-37-35-33-31-29-27-25-23-21-19-17-15-13-11-9-7-2/h8-11,14-17,20-23,26-29,33,35,44,47,51,53,80H,6-7,12-13,18-19,24-25,30-32,34,36-43,45-46,48-50,52,54-79H2,1-5H3/p+1/b10-8-,11-9-,16-14-,17-15-,22-20-,23-21-,28-26-,29-27-,35-33-,47-44-,53-51-. The molecule has 0 aromatic rings. The Hall–Kier alpha value is -3.85. The molecule has 10 heteroatoms. The van der Waals surface area contributed by atoms with E-state index >= 15 is 0 Å². The molecule has 0 bridgehead atoms.